The lowest BCUT2D eigenvalue weighted by molar-refractivity contribution is -0.183. The Kier molecular flexibility index (Phi) is 6.66. The van der Waals surface area contributed by atoms with Crippen molar-refractivity contribution in [2.75, 3.05) is 13.2 Å². The second kappa shape index (κ2) is 9.79. The maximum atomic E-state index is 13.2. The van der Waals surface area contributed by atoms with Crippen molar-refractivity contribution in [2.24, 2.45) is 17.6 Å². The van der Waals surface area contributed by atoms with E-state index < -0.39 is 5.91 Å². The molecule has 1 atom stereocenters. The van der Waals surface area contributed by atoms with Crippen molar-refractivity contribution in [2.45, 2.75) is 38.1 Å². The standard InChI is InChI=1S/C24H26N4O4/c25-12-17-10-20(14-27-13-17)22-8-9-32-28(22)24(30)18-6-4-16(5-7-18)15-31-21-3-1-2-19(11-21)23(26)29/h1-3,10-11,13-14,16,18,22H,4-9,15H2,(H2,26,29)/t16?,18?,22-/m0/s1. The first-order valence-electron chi connectivity index (χ1n) is 10.9. The Bertz CT molecular complexity index is 1030. The second-order valence-corrected chi connectivity index (χ2v) is 8.34. The zero-order chi connectivity index (χ0) is 22.5. The lowest BCUT2D eigenvalue weighted by atomic mass is 9.81. The Hall–Kier alpha value is -3.44. The van der Waals surface area contributed by atoms with Crippen LogP contribution in [0.5, 0.6) is 5.75 Å². The summed E-state index contributed by atoms with van der Waals surface area (Å²) in [6.07, 6.45) is 7.22. The van der Waals surface area contributed by atoms with Crippen LogP contribution >= 0.6 is 0 Å². The van der Waals surface area contributed by atoms with Crippen LogP contribution in [-0.4, -0.2) is 35.1 Å². The van der Waals surface area contributed by atoms with Crippen molar-refractivity contribution in [3.05, 3.63) is 59.4 Å². The van der Waals surface area contributed by atoms with Crippen molar-refractivity contribution < 1.29 is 19.2 Å². The van der Waals surface area contributed by atoms with Crippen molar-refractivity contribution in [1.29, 1.82) is 5.26 Å². The molecule has 2 N–H and O–H groups in total. The third kappa shape index (κ3) is 4.89. The van der Waals surface area contributed by atoms with Crippen LogP contribution in [0.4, 0.5) is 0 Å². The molecule has 2 aromatic rings. The molecule has 4 rings (SSSR count). The highest BCUT2D eigenvalue weighted by atomic mass is 16.7. The largest absolute Gasteiger partial charge is 0.493 e. The van der Waals surface area contributed by atoms with Crippen molar-refractivity contribution in [3.63, 3.8) is 0 Å². The highest BCUT2D eigenvalue weighted by molar-refractivity contribution is 5.93. The third-order valence-electron chi connectivity index (χ3n) is 6.20. The minimum absolute atomic E-state index is 0.00314. The highest BCUT2D eigenvalue weighted by Gasteiger charge is 2.37. The van der Waals surface area contributed by atoms with Gasteiger partial charge in [-0.25, -0.2) is 5.06 Å². The van der Waals surface area contributed by atoms with E-state index in [0.717, 1.165) is 31.2 Å². The van der Waals surface area contributed by atoms with Gasteiger partial charge in [0.1, 0.15) is 11.8 Å². The van der Waals surface area contributed by atoms with Gasteiger partial charge in [-0.3, -0.25) is 19.4 Å². The van der Waals surface area contributed by atoms with Gasteiger partial charge in [-0.1, -0.05) is 6.07 Å². The molecule has 2 fully saturated rings. The number of hydrogen-bond donors (Lipinski definition) is 1. The molecule has 166 valence electrons. The van der Waals surface area contributed by atoms with Gasteiger partial charge in [0, 0.05) is 30.3 Å². The Morgan fingerprint density at radius 2 is 2.00 bits per heavy atom. The lowest BCUT2D eigenvalue weighted by Gasteiger charge is -2.31. The summed E-state index contributed by atoms with van der Waals surface area (Å²) in [5, 5.41) is 10.6. The van der Waals surface area contributed by atoms with Crippen molar-refractivity contribution in [1.82, 2.24) is 10.0 Å². The Morgan fingerprint density at radius 1 is 1.19 bits per heavy atom. The zero-order valence-electron chi connectivity index (χ0n) is 17.8. The number of nitrogens with zero attached hydrogens (tertiary/aromatic N) is 3. The maximum absolute atomic E-state index is 13.2. The van der Waals surface area contributed by atoms with Crippen LogP contribution in [0.2, 0.25) is 0 Å². The first-order valence-corrected chi connectivity index (χ1v) is 10.9. The number of primary amides is 1. The average Bonchev–Trinajstić information content (AvgIpc) is 3.33. The number of benzene rings is 1. The van der Waals surface area contributed by atoms with Crippen LogP contribution < -0.4 is 10.5 Å². The summed E-state index contributed by atoms with van der Waals surface area (Å²) in [6.45, 7) is 1.01. The molecular formula is C24H26N4O4. The molecule has 1 aromatic heterocycles. The average molecular weight is 434 g/mol. The van der Waals surface area contributed by atoms with E-state index in [2.05, 4.69) is 11.1 Å². The van der Waals surface area contributed by atoms with Crippen LogP contribution in [0.3, 0.4) is 0 Å². The van der Waals surface area contributed by atoms with E-state index in [9.17, 15) is 9.59 Å². The Labute approximate surface area is 186 Å². The predicted molar refractivity (Wildman–Crippen MR) is 115 cm³/mol. The molecule has 0 spiro atoms. The quantitative estimate of drug-likeness (QED) is 0.746. The van der Waals surface area contributed by atoms with Crippen LogP contribution in [0.1, 0.15) is 59.6 Å². The smallest absolute Gasteiger partial charge is 0.249 e. The number of nitrogens with two attached hydrogens (primary N) is 1. The summed E-state index contributed by atoms with van der Waals surface area (Å²) >= 11 is 0. The number of hydroxylamine groups is 2. The van der Waals surface area contributed by atoms with Crippen molar-refractivity contribution in [3.8, 4) is 11.8 Å². The number of rotatable bonds is 6. The van der Waals surface area contributed by atoms with Gasteiger partial charge >= 0.3 is 0 Å². The fourth-order valence-electron chi connectivity index (χ4n) is 4.40. The van der Waals surface area contributed by atoms with Gasteiger partial charge in [-0.15, -0.1) is 0 Å². The first kappa shape index (κ1) is 21.8. The third-order valence-corrected chi connectivity index (χ3v) is 6.20. The van der Waals surface area contributed by atoms with Gasteiger partial charge in [-0.05, 0) is 61.4 Å². The molecule has 1 aliphatic heterocycles. The van der Waals surface area contributed by atoms with Gasteiger partial charge in [0.05, 0.1) is 24.8 Å². The molecule has 0 radical (unpaired) electrons. The van der Waals surface area contributed by atoms with E-state index in [1.54, 1.807) is 30.5 Å². The summed E-state index contributed by atoms with van der Waals surface area (Å²) in [7, 11) is 0. The number of hydrogen-bond acceptors (Lipinski definition) is 6. The number of pyridine rings is 1. The number of nitriles is 1. The zero-order valence-corrected chi connectivity index (χ0v) is 17.8. The molecule has 1 saturated heterocycles. The molecule has 0 unspecified atom stereocenters. The van der Waals surface area contributed by atoms with Crippen LogP contribution in [0.25, 0.3) is 0 Å². The summed E-state index contributed by atoms with van der Waals surface area (Å²) < 4.78 is 5.87. The van der Waals surface area contributed by atoms with E-state index in [0.29, 0.717) is 42.4 Å². The fourth-order valence-corrected chi connectivity index (χ4v) is 4.40. The minimum Gasteiger partial charge on any atom is -0.493 e. The van der Waals surface area contributed by atoms with E-state index in [1.807, 2.05) is 6.07 Å². The second-order valence-electron chi connectivity index (χ2n) is 8.34. The highest BCUT2D eigenvalue weighted by Crippen LogP contribution is 2.36. The summed E-state index contributed by atoms with van der Waals surface area (Å²) in [5.74, 6) is 0.414. The van der Waals surface area contributed by atoms with E-state index >= 15 is 0 Å². The molecule has 1 aromatic carbocycles. The Balaban J connectivity index is 1.31. The monoisotopic (exact) mass is 434 g/mol. The van der Waals surface area contributed by atoms with Gasteiger partial charge in [0.2, 0.25) is 11.8 Å². The van der Waals surface area contributed by atoms with Gasteiger partial charge in [0.25, 0.3) is 0 Å². The van der Waals surface area contributed by atoms with E-state index in [1.165, 1.54) is 11.3 Å². The molecule has 8 heteroatoms. The number of amides is 2. The summed E-state index contributed by atoms with van der Waals surface area (Å²) in [4.78, 5) is 34.3. The topological polar surface area (TPSA) is 119 Å². The first-order chi connectivity index (χ1) is 15.5. The minimum atomic E-state index is -0.480. The van der Waals surface area contributed by atoms with Gasteiger partial charge in [-0.2, -0.15) is 5.26 Å². The molecular weight excluding hydrogens is 408 g/mol. The SMILES string of the molecule is N#Cc1cncc([C@@H]2CCON2C(=O)C2CCC(COc3cccc(C(N)=O)c3)CC2)c1. The Morgan fingerprint density at radius 3 is 2.75 bits per heavy atom. The van der Waals surface area contributed by atoms with E-state index in [4.69, 9.17) is 20.6 Å². The molecule has 0 bridgehead atoms. The van der Waals surface area contributed by atoms with Crippen LogP contribution in [0.15, 0.2) is 42.7 Å². The summed E-state index contributed by atoms with van der Waals surface area (Å²) in [5.41, 5.74) is 7.05. The molecule has 2 amide bonds. The molecule has 8 nitrogen and oxygen atoms in total. The molecule has 1 saturated carbocycles. The van der Waals surface area contributed by atoms with Gasteiger partial charge in [0.15, 0.2) is 0 Å². The molecule has 32 heavy (non-hydrogen) atoms. The van der Waals surface area contributed by atoms with E-state index in [-0.39, 0.29) is 17.9 Å². The fraction of sp³-hybridized carbons (Fsp3) is 0.417. The predicted octanol–water partition coefficient (Wildman–Crippen LogP) is 3.14. The summed E-state index contributed by atoms with van der Waals surface area (Å²) in [6, 6.07) is 10.5. The number of carbonyl (C=O) groups excluding carboxylic acids is 2. The number of carbonyl (C=O) groups is 2. The lowest BCUT2D eigenvalue weighted by Crippen LogP contribution is -2.37. The van der Waals surface area contributed by atoms with Gasteiger partial charge < -0.3 is 10.5 Å². The van der Waals surface area contributed by atoms with Crippen molar-refractivity contribution >= 4 is 11.8 Å². The number of aromatic nitrogens is 1. The molecule has 2 aliphatic rings. The van der Waals surface area contributed by atoms with Crippen LogP contribution in [-0.2, 0) is 9.63 Å². The molecule has 1 aliphatic carbocycles. The normalized spacial score (nSPS) is 22.8. The van der Waals surface area contributed by atoms with Crippen LogP contribution in [0, 0.1) is 23.2 Å². The number of ether oxygens (including phenoxy) is 1. The maximum Gasteiger partial charge on any atom is 0.249 e. The molecule has 2 heterocycles.